The molecule has 0 spiro atoms. The van der Waals surface area contributed by atoms with Crippen LogP contribution in [0.25, 0.3) is 0 Å². The molecule has 0 unspecified atom stereocenters. The van der Waals surface area contributed by atoms with Crippen LogP contribution in [0.4, 0.5) is 23.7 Å². The molecule has 0 fully saturated rings. The van der Waals surface area contributed by atoms with E-state index in [0.717, 1.165) is 23.3 Å². The molecule has 2 N–H and O–H groups in total. The molecule has 1 aromatic heterocycles. The largest absolute Gasteiger partial charge is 0.457 e. The average molecular weight is 505 g/mol. The summed E-state index contributed by atoms with van der Waals surface area (Å²) in [6.07, 6.45) is -2.68. The maximum Gasteiger partial charge on any atom is 0.418 e. The molecule has 2 heterocycles. The van der Waals surface area contributed by atoms with Crippen molar-refractivity contribution >= 4 is 29.2 Å². The summed E-state index contributed by atoms with van der Waals surface area (Å²) >= 11 is 5.71. The van der Waals surface area contributed by atoms with E-state index >= 15 is 0 Å². The Morgan fingerprint density at radius 2 is 1.83 bits per heavy atom. The summed E-state index contributed by atoms with van der Waals surface area (Å²) in [5.41, 5.74) is 0.631. The SMILES string of the molecule is CNC(=O)c1cc(Oc2ccc3c(c2)CN(C(=O)Nc2ccc(Cl)cc2C(F)(F)F)CC3)ccn1. The summed E-state index contributed by atoms with van der Waals surface area (Å²) < 4.78 is 46.0. The minimum Gasteiger partial charge on any atom is -0.457 e. The van der Waals surface area contributed by atoms with Crippen LogP contribution >= 0.6 is 11.6 Å². The smallest absolute Gasteiger partial charge is 0.418 e. The fourth-order valence-electron chi connectivity index (χ4n) is 3.69. The number of benzene rings is 2. The lowest BCUT2D eigenvalue weighted by molar-refractivity contribution is -0.136. The van der Waals surface area contributed by atoms with E-state index in [4.69, 9.17) is 16.3 Å². The van der Waals surface area contributed by atoms with Crippen LogP contribution < -0.4 is 15.4 Å². The molecule has 2 aromatic carbocycles. The molecule has 35 heavy (non-hydrogen) atoms. The maximum atomic E-state index is 13.4. The fourth-order valence-corrected chi connectivity index (χ4v) is 3.86. The molecule has 3 amide bonds. The van der Waals surface area contributed by atoms with Crippen molar-refractivity contribution in [1.82, 2.24) is 15.2 Å². The number of ether oxygens (including phenoxy) is 1. The van der Waals surface area contributed by atoms with E-state index in [0.29, 0.717) is 24.5 Å². The van der Waals surface area contributed by atoms with Gasteiger partial charge in [0.15, 0.2) is 0 Å². The van der Waals surface area contributed by atoms with Crippen molar-refractivity contribution in [2.24, 2.45) is 0 Å². The monoisotopic (exact) mass is 504 g/mol. The van der Waals surface area contributed by atoms with E-state index in [-0.39, 0.29) is 28.9 Å². The number of pyridine rings is 1. The number of carbonyl (C=O) groups excluding carboxylic acids is 2. The van der Waals surface area contributed by atoms with Crippen molar-refractivity contribution in [3.8, 4) is 11.5 Å². The second-order valence-corrected chi connectivity index (χ2v) is 8.21. The standard InChI is InChI=1S/C24H20ClF3N4O3/c1-29-22(33)21-12-18(6-8-30-21)35-17-4-2-14-7-9-32(13-15(14)10-17)23(34)31-20-5-3-16(25)11-19(20)24(26,27)28/h2-6,8,10-12H,7,9,13H2,1H3,(H,29,33)(H,31,34). The van der Waals surface area contributed by atoms with E-state index in [9.17, 15) is 22.8 Å². The van der Waals surface area contributed by atoms with E-state index in [1.54, 1.807) is 18.2 Å². The second kappa shape index (κ2) is 9.83. The summed E-state index contributed by atoms with van der Waals surface area (Å²) in [5, 5.41) is 4.77. The number of alkyl halides is 3. The molecule has 7 nitrogen and oxygen atoms in total. The highest BCUT2D eigenvalue weighted by Crippen LogP contribution is 2.37. The Kier molecular flexibility index (Phi) is 6.83. The maximum absolute atomic E-state index is 13.4. The number of fused-ring (bicyclic) bond motifs is 1. The summed E-state index contributed by atoms with van der Waals surface area (Å²) in [5.74, 6) is 0.542. The number of nitrogens with one attached hydrogen (secondary N) is 2. The molecule has 0 aliphatic carbocycles. The number of carbonyl (C=O) groups is 2. The fraction of sp³-hybridized carbons (Fsp3) is 0.208. The predicted octanol–water partition coefficient (Wildman–Crippen LogP) is 5.50. The van der Waals surface area contributed by atoms with Crippen LogP contribution in [-0.4, -0.2) is 35.4 Å². The van der Waals surface area contributed by atoms with Gasteiger partial charge in [-0.25, -0.2) is 4.79 Å². The van der Waals surface area contributed by atoms with Crippen molar-refractivity contribution in [2.45, 2.75) is 19.1 Å². The Morgan fingerprint density at radius 3 is 2.57 bits per heavy atom. The second-order valence-electron chi connectivity index (χ2n) is 7.78. The van der Waals surface area contributed by atoms with Crippen molar-refractivity contribution in [2.75, 3.05) is 18.9 Å². The molecule has 0 bridgehead atoms. The highest BCUT2D eigenvalue weighted by molar-refractivity contribution is 6.30. The van der Waals surface area contributed by atoms with Gasteiger partial charge in [-0.1, -0.05) is 17.7 Å². The highest BCUT2D eigenvalue weighted by atomic mass is 35.5. The molecular formula is C24H20ClF3N4O3. The van der Waals surface area contributed by atoms with E-state index in [1.807, 2.05) is 6.07 Å². The zero-order valence-electron chi connectivity index (χ0n) is 18.4. The quantitative estimate of drug-likeness (QED) is 0.492. The Morgan fingerprint density at radius 1 is 1.06 bits per heavy atom. The number of nitrogens with zero attached hydrogens (tertiary/aromatic N) is 2. The zero-order chi connectivity index (χ0) is 25.2. The Balaban J connectivity index is 1.49. The van der Waals surface area contributed by atoms with Crippen molar-refractivity contribution in [3.63, 3.8) is 0 Å². The van der Waals surface area contributed by atoms with Gasteiger partial charge in [0.05, 0.1) is 11.3 Å². The highest BCUT2D eigenvalue weighted by Gasteiger charge is 2.34. The van der Waals surface area contributed by atoms with Crippen molar-refractivity contribution in [1.29, 1.82) is 0 Å². The number of rotatable bonds is 4. The summed E-state index contributed by atoms with van der Waals surface area (Å²) in [6, 6.07) is 11.1. The first kappa shape index (κ1) is 24.3. The molecule has 1 aliphatic heterocycles. The number of amides is 3. The number of anilines is 1. The molecule has 0 radical (unpaired) electrons. The van der Waals surface area contributed by atoms with Crippen molar-refractivity contribution < 1.29 is 27.5 Å². The van der Waals surface area contributed by atoms with Crippen LogP contribution in [0, 0.1) is 0 Å². The lowest BCUT2D eigenvalue weighted by atomic mass is 9.99. The number of halogens is 4. The van der Waals surface area contributed by atoms with Gasteiger partial charge < -0.3 is 20.3 Å². The molecular weight excluding hydrogens is 485 g/mol. The molecule has 11 heteroatoms. The minimum absolute atomic E-state index is 0.0774. The predicted molar refractivity (Wildman–Crippen MR) is 124 cm³/mol. The lowest BCUT2D eigenvalue weighted by Crippen LogP contribution is -2.39. The molecule has 182 valence electrons. The van der Waals surface area contributed by atoms with Crippen molar-refractivity contribution in [3.05, 3.63) is 82.1 Å². The Labute approximate surface area is 203 Å². The molecule has 0 atom stereocenters. The zero-order valence-corrected chi connectivity index (χ0v) is 19.2. The third-order valence-electron chi connectivity index (χ3n) is 5.43. The summed E-state index contributed by atoms with van der Waals surface area (Å²) in [4.78, 5) is 30.0. The van der Waals surface area contributed by atoms with Crippen LogP contribution in [0.1, 0.15) is 27.2 Å². The van der Waals surface area contributed by atoms with Gasteiger partial charge in [-0.2, -0.15) is 13.2 Å². The van der Waals surface area contributed by atoms with Gasteiger partial charge >= 0.3 is 12.2 Å². The topological polar surface area (TPSA) is 83.6 Å². The number of hydrogen-bond donors (Lipinski definition) is 2. The van der Waals surface area contributed by atoms with E-state index in [2.05, 4.69) is 15.6 Å². The number of urea groups is 1. The van der Waals surface area contributed by atoms with Gasteiger partial charge in [0.25, 0.3) is 5.91 Å². The summed E-state index contributed by atoms with van der Waals surface area (Å²) in [6.45, 7) is 0.529. The first-order valence-corrected chi connectivity index (χ1v) is 10.9. The van der Waals surface area contributed by atoms with Gasteiger partial charge in [0, 0.05) is 37.4 Å². The summed E-state index contributed by atoms with van der Waals surface area (Å²) in [7, 11) is 1.50. The van der Waals surface area contributed by atoms with Crippen LogP contribution in [0.3, 0.4) is 0 Å². The van der Waals surface area contributed by atoms with E-state index < -0.39 is 17.8 Å². The molecule has 1 aliphatic rings. The van der Waals surface area contributed by atoms with Gasteiger partial charge in [0.1, 0.15) is 17.2 Å². The van der Waals surface area contributed by atoms with Gasteiger partial charge in [0.2, 0.25) is 0 Å². The Hall–Kier alpha value is -3.79. The van der Waals surface area contributed by atoms with Gasteiger partial charge in [-0.15, -0.1) is 0 Å². The third kappa shape index (κ3) is 5.65. The van der Waals surface area contributed by atoms with Crippen LogP contribution in [0.15, 0.2) is 54.7 Å². The number of aromatic nitrogens is 1. The van der Waals surface area contributed by atoms with Gasteiger partial charge in [-0.05, 0) is 53.9 Å². The van der Waals surface area contributed by atoms with Gasteiger partial charge in [-0.3, -0.25) is 9.78 Å². The molecule has 4 rings (SSSR count). The normalized spacial score (nSPS) is 13.1. The molecule has 0 saturated carbocycles. The third-order valence-corrected chi connectivity index (χ3v) is 5.67. The van der Waals surface area contributed by atoms with Crippen LogP contribution in [-0.2, 0) is 19.1 Å². The average Bonchev–Trinajstić information content (AvgIpc) is 2.83. The molecule has 3 aromatic rings. The molecule has 0 saturated heterocycles. The lowest BCUT2D eigenvalue weighted by Gasteiger charge is -2.29. The minimum atomic E-state index is -4.67. The van der Waals surface area contributed by atoms with Crippen LogP contribution in [0.2, 0.25) is 5.02 Å². The van der Waals surface area contributed by atoms with E-state index in [1.165, 1.54) is 30.3 Å². The first-order valence-electron chi connectivity index (χ1n) is 10.5. The first-order chi connectivity index (χ1) is 16.6. The van der Waals surface area contributed by atoms with Crippen LogP contribution in [0.5, 0.6) is 11.5 Å². The number of hydrogen-bond acceptors (Lipinski definition) is 4. The Bertz CT molecular complexity index is 1280.